The normalized spacial score (nSPS) is 23.6. The molecule has 1 aromatic heterocycles. The van der Waals surface area contributed by atoms with Crippen LogP contribution < -0.4 is 5.32 Å². The zero-order valence-corrected chi connectivity index (χ0v) is 10.3. The summed E-state index contributed by atoms with van der Waals surface area (Å²) in [6.45, 7) is 0. The number of carbonyl (C=O) groups is 2. The van der Waals surface area contributed by atoms with E-state index in [0.29, 0.717) is 18.7 Å². The van der Waals surface area contributed by atoms with Gasteiger partial charge in [0.2, 0.25) is 5.91 Å². The van der Waals surface area contributed by atoms with Crippen molar-refractivity contribution in [2.24, 2.45) is 18.9 Å². The molecule has 2 rings (SSSR count). The van der Waals surface area contributed by atoms with Crippen molar-refractivity contribution in [2.75, 3.05) is 5.32 Å². The molecule has 6 nitrogen and oxygen atoms in total. The summed E-state index contributed by atoms with van der Waals surface area (Å²) in [5.74, 6) is -1.66. The predicted octanol–water partition coefficient (Wildman–Crippen LogP) is 1.25. The molecule has 0 unspecified atom stereocenters. The molecule has 98 valence electrons. The second kappa shape index (κ2) is 5.20. The third-order valence-electron chi connectivity index (χ3n) is 3.38. The molecule has 1 aliphatic carbocycles. The second-order valence-electron chi connectivity index (χ2n) is 4.70. The number of carboxylic acids is 1. The highest BCUT2D eigenvalue weighted by atomic mass is 16.4. The lowest BCUT2D eigenvalue weighted by molar-refractivity contribution is -0.147. The summed E-state index contributed by atoms with van der Waals surface area (Å²) in [6, 6.07) is 1.69. The molecule has 0 aliphatic heterocycles. The fourth-order valence-corrected chi connectivity index (χ4v) is 2.44. The number of carboxylic acid groups (broad SMARTS) is 1. The van der Waals surface area contributed by atoms with Gasteiger partial charge in [-0.25, -0.2) is 0 Å². The first kappa shape index (κ1) is 12.6. The molecule has 0 spiro atoms. The zero-order valence-electron chi connectivity index (χ0n) is 10.3. The molecule has 6 heteroatoms. The fourth-order valence-electron chi connectivity index (χ4n) is 2.44. The van der Waals surface area contributed by atoms with Crippen LogP contribution in [0.5, 0.6) is 0 Å². The van der Waals surface area contributed by atoms with E-state index in [4.69, 9.17) is 5.11 Å². The van der Waals surface area contributed by atoms with Crippen LogP contribution in [0.15, 0.2) is 12.3 Å². The van der Waals surface area contributed by atoms with Gasteiger partial charge in [-0.05, 0) is 12.8 Å². The Morgan fingerprint density at radius 2 is 2.06 bits per heavy atom. The van der Waals surface area contributed by atoms with E-state index in [-0.39, 0.29) is 5.91 Å². The lowest BCUT2D eigenvalue weighted by Crippen LogP contribution is -2.36. The summed E-state index contributed by atoms with van der Waals surface area (Å²) in [5, 5.41) is 15.9. The number of nitrogens with zero attached hydrogens (tertiary/aromatic N) is 2. The van der Waals surface area contributed by atoms with E-state index in [1.165, 1.54) is 0 Å². The largest absolute Gasteiger partial charge is 0.481 e. The number of hydrogen-bond acceptors (Lipinski definition) is 3. The number of amides is 1. The maximum absolute atomic E-state index is 12.1. The van der Waals surface area contributed by atoms with Gasteiger partial charge in [0.15, 0.2) is 5.82 Å². The van der Waals surface area contributed by atoms with E-state index in [2.05, 4.69) is 10.4 Å². The van der Waals surface area contributed by atoms with Gasteiger partial charge in [-0.3, -0.25) is 14.3 Å². The summed E-state index contributed by atoms with van der Waals surface area (Å²) in [5.41, 5.74) is 0. The van der Waals surface area contributed by atoms with Crippen molar-refractivity contribution in [3.05, 3.63) is 12.3 Å². The molecular weight excluding hydrogens is 234 g/mol. The van der Waals surface area contributed by atoms with Crippen LogP contribution in [-0.4, -0.2) is 26.8 Å². The van der Waals surface area contributed by atoms with Gasteiger partial charge in [0.05, 0.1) is 11.8 Å². The Morgan fingerprint density at radius 1 is 1.39 bits per heavy atom. The van der Waals surface area contributed by atoms with Gasteiger partial charge in [0, 0.05) is 19.3 Å². The Hall–Kier alpha value is -1.85. The van der Waals surface area contributed by atoms with Crippen LogP contribution in [0.3, 0.4) is 0 Å². The number of aryl methyl sites for hydroxylation is 1. The number of aliphatic carboxylic acids is 1. The van der Waals surface area contributed by atoms with Crippen LogP contribution >= 0.6 is 0 Å². The van der Waals surface area contributed by atoms with Gasteiger partial charge < -0.3 is 10.4 Å². The molecule has 0 radical (unpaired) electrons. The van der Waals surface area contributed by atoms with Gasteiger partial charge in [-0.15, -0.1) is 0 Å². The monoisotopic (exact) mass is 251 g/mol. The van der Waals surface area contributed by atoms with Gasteiger partial charge in [-0.1, -0.05) is 12.8 Å². The highest BCUT2D eigenvalue weighted by molar-refractivity contribution is 5.94. The molecule has 2 atom stereocenters. The summed E-state index contributed by atoms with van der Waals surface area (Å²) >= 11 is 0. The Labute approximate surface area is 105 Å². The Bertz CT molecular complexity index is 455. The van der Waals surface area contributed by atoms with Crippen molar-refractivity contribution in [3.8, 4) is 0 Å². The third kappa shape index (κ3) is 2.69. The number of hydrogen-bond donors (Lipinski definition) is 2. The van der Waals surface area contributed by atoms with Crippen LogP contribution in [-0.2, 0) is 16.6 Å². The first-order valence-electron chi connectivity index (χ1n) is 6.11. The molecule has 1 saturated carbocycles. The lowest BCUT2D eigenvalue weighted by Gasteiger charge is -2.27. The summed E-state index contributed by atoms with van der Waals surface area (Å²) in [7, 11) is 1.76. The SMILES string of the molecule is Cn1ccc(NC(=O)[C@@H]2CCCC[C@H]2C(=O)O)n1. The first-order chi connectivity index (χ1) is 8.58. The number of anilines is 1. The molecule has 0 bridgehead atoms. The molecule has 1 fully saturated rings. The van der Waals surface area contributed by atoms with Crippen LogP contribution in [0.2, 0.25) is 0 Å². The molecular formula is C12H17N3O3. The van der Waals surface area contributed by atoms with Gasteiger partial charge in [0.1, 0.15) is 0 Å². The van der Waals surface area contributed by atoms with Gasteiger partial charge in [0.25, 0.3) is 0 Å². The summed E-state index contributed by atoms with van der Waals surface area (Å²) in [6.07, 6.45) is 4.73. The molecule has 2 N–H and O–H groups in total. The third-order valence-corrected chi connectivity index (χ3v) is 3.38. The average Bonchev–Trinajstić information content (AvgIpc) is 2.74. The van der Waals surface area contributed by atoms with E-state index in [1.807, 2.05) is 0 Å². The molecule has 18 heavy (non-hydrogen) atoms. The Kier molecular flexibility index (Phi) is 3.64. The number of rotatable bonds is 3. The van der Waals surface area contributed by atoms with E-state index in [9.17, 15) is 9.59 Å². The molecule has 1 heterocycles. The molecule has 1 aliphatic rings. The zero-order chi connectivity index (χ0) is 13.1. The van der Waals surface area contributed by atoms with Crippen LogP contribution in [0.1, 0.15) is 25.7 Å². The van der Waals surface area contributed by atoms with Crippen LogP contribution in [0.25, 0.3) is 0 Å². The number of nitrogens with one attached hydrogen (secondary N) is 1. The minimum Gasteiger partial charge on any atom is -0.481 e. The highest BCUT2D eigenvalue weighted by Gasteiger charge is 2.35. The van der Waals surface area contributed by atoms with E-state index in [1.54, 1.807) is 24.0 Å². The van der Waals surface area contributed by atoms with Crippen molar-refractivity contribution < 1.29 is 14.7 Å². The molecule has 0 aromatic carbocycles. The standard InChI is InChI=1S/C12H17N3O3/c1-15-7-6-10(14-15)13-11(16)8-4-2-3-5-9(8)12(17)18/h6-9H,2-5H2,1H3,(H,17,18)(H,13,14,16)/t8-,9-/m1/s1. The predicted molar refractivity (Wildman–Crippen MR) is 64.9 cm³/mol. The maximum atomic E-state index is 12.1. The minimum absolute atomic E-state index is 0.235. The van der Waals surface area contributed by atoms with Crippen molar-refractivity contribution in [3.63, 3.8) is 0 Å². The maximum Gasteiger partial charge on any atom is 0.307 e. The molecule has 1 aromatic rings. The summed E-state index contributed by atoms with van der Waals surface area (Å²) < 4.78 is 1.59. The van der Waals surface area contributed by atoms with Crippen molar-refractivity contribution >= 4 is 17.7 Å². The minimum atomic E-state index is -0.879. The van der Waals surface area contributed by atoms with Gasteiger partial charge in [-0.2, -0.15) is 5.10 Å². The van der Waals surface area contributed by atoms with Crippen molar-refractivity contribution in [2.45, 2.75) is 25.7 Å². The highest BCUT2D eigenvalue weighted by Crippen LogP contribution is 2.31. The lowest BCUT2D eigenvalue weighted by atomic mass is 9.79. The molecule has 1 amide bonds. The average molecular weight is 251 g/mol. The quantitative estimate of drug-likeness (QED) is 0.846. The van der Waals surface area contributed by atoms with Crippen LogP contribution in [0.4, 0.5) is 5.82 Å². The van der Waals surface area contributed by atoms with E-state index in [0.717, 1.165) is 12.8 Å². The van der Waals surface area contributed by atoms with Gasteiger partial charge >= 0.3 is 5.97 Å². The van der Waals surface area contributed by atoms with E-state index < -0.39 is 17.8 Å². The Balaban J connectivity index is 2.04. The number of carbonyl (C=O) groups excluding carboxylic acids is 1. The van der Waals surface area contributed by atoms with E-state index >= 15 is 0 Å². The van der Waals surface area contributed by atoms with Crippen molar-refractivity contribution in [1.82, 2.24) is 9.78 Å². The first-order valence-corrected chi connectivity index (χ1v) is 6.11. The topological polar surface area (TPSA) is 84.2 Å². The van der Waals surface area contributed by atoms with Crippen molar-refractivity contribution in [1.29, 1.82) is 0 Å². The Morgan fingerprint density at radius 3 is 2.61 bits per heavy atom. The fraction of sp³-hybridized carbons (Fsp3) is 0.583. The smallest absolute Gasteiger partial charge is 0.307 e. The summed E-state index contributed by atoms with van der Waals surface area (Å²) in [4.78, 5) is 23.2. The number of aromatic nitrogens is 2. The second-order valence-corrected chi connectivity index (χ2v) is 4.70. The molecule has 0 saturated heterocycles. The van der Waals surface area contributed by atoms with Crippen LogP contribution in [0, 0.1) is 11.8 Å².